The van der Waals surface area contributed by atoms with Gasteiger partial charge in [0.1, 0.15) is 6.61 Å². The Kier molecular flexibility index (Phi) is 6.32. The van der Waals surface area contributed by atoms with Gasteiger partial charge in [-0.25, -0.2) is 0 Å². The first-order chi connectivity index (χ1) is 13.6. The van der Waals surface area contributed by atoms with Gasteiger partial charge in [-0.05, 0) is 42.3 Å². The van der Waals surface area contributed by atoms with Crippen molar-refractivity contribution in [1.82, 2.24) is 5.32 Å². The van der Waals surface area contributed by atoms with E-state index >= 15 is 0 Å². The second kappa shape index (κ2) is 9.08. The second-order valence-electron chi connectivity index (χ2n) is 6.46. The highest BCUT2D eigenvalue weighted by molar-refractivity contribution is 5.95. The zero-order valence-corrected chi connectivity index (χ0v) is 15.9. The summed E-state index contributed by atoms with van der Waals surface area (Å²) in [6.07, 6.45) is 3.15. The molecule has 1 saturated heterocycles. The van der Waals surface area contributed by atoms with E-state index < -0.39 is 0 Å². The molecule has 0 saturated carbocycles. The monoisotopic (exact) mass is 380 g/mol. The van der Waals surface area contributed by atoms with Gasteiger partial charge in [0.2, 0.25) is 5.91 Å². The molecule has 2 aromatic rings. The number of nitrogens with one attached hydrogen (secondary N) is 1. The average molecular weight is 380 g/mol. The molecule has 28 heavy (non-hydrogen) atoms. The van der Waals surface area contributed by atoms with Crippen molar-refractivity contribution in [3.8, 4) is 11.5 Å². The topological polar surface area (TPSA) is 67.9 Å². The Labute approximate surface area is 164 Å². The summed E-state index contributed by atoms with van der Waals surface area (Å²) in [6.45, 7) is 5.13. The second-order valence-corrected chi connectivity index (χ2v) is 6.46. The molecule has 0 unspecified atom stereocenters. The van der Waals surface area contributed by atoms with Gasteiger partial charge in [0.25, 0.3) is 5.91 Å². The summed E-state index contributed by atoms with van der Waals surface area (Å²) in [4.78, 5) is 26.1. The molecule has 1 fully saturated rings. The van der Waals surface area contributed by atoms with Crippen molar-refractivity contribution < 1.29 is 19.1 Å². The third-order valence-electron chi connectivity index (χ3n) is 4.56. The molecular formula is C22H24N2O4. The zero-order valence-electron chi connectivity index (χ0n) is 15.9. The summed E-state index contributed by atoms with van der Waals surface area (Å²) in [5.74, 6) is 1.02. The lowest BCUT2D eigenvalue weighted by Crippen LogP contribution is -2.24. The van der Waals surface area contributed by atoms with Gasteiger partial charge in [-0.15, -0.1) is 0 Å². The Morgan fingerprint density at radius 2 is 2.00 bits per heavy atom. The number of rotatable bonds is 8. The van der Waals surface area contributed by atoms with Crippen LogP contribution in [0.2, 0.25) is 0 Å². The van der Waals surface area contributed by atoms with Crippen molar-refractivity contribution in [1.29, 1.82) is 0 Å². The molecule has 1 aliphatic heterocycles. The van der Waals surface area contributed by atoms with Gasteiger partial charge in [-0.1, -0.05) is 24.8 Å². The molecule has 0 spiro atoms. The van der Waals surface area contributed by atoms with E-state index in [9.17, 15) is 9.59 Å². The third-order valence-corrected chi connectivity index (χ3v) is 4.56. The van der Waals surface area contributed by atoms with E-state index in [1.54, 1.807) is 29.2 Å². The first-order valence-corrected chi connectivity index (χ1v) is 9.21. The summed E-state index contributed by atoms with van der Waals surface area (Å²) in [7, 11) is 1.53. The number of carbonyl (C=O) groups excluding carboxylic acids is 2. The molecule has 6 heteroatoms. The van der Waals surface area contributed by atoms with Crippen LogP contribution in [0.15, 0.2) is 55.1 Å². The summed E-state index contributed by atoms with van der Waals surface area (Å²) in [5.41, 5.74) is 2.35. The minimum Gasteiger partial charge on any atom is -0.493 e. The molecule has 1 aliphatic rings. The predicted octanol–water partition coefficient (Wildman–Crippen LogP) is 3.32. The number of nitrogens with zero attached hydrogens (tertiary/aromatic N) is 1. The summed E-state index contributed by atoms with van der Waals surface area (Å²) in [5, 5.41) is 2.89. The highest BCUT2D eigenvalue weighted by atomic mass is 16.5. The number of ether oxygens (including phenoxy) is 2. The molecule has 0 radical (unpaired) electrons. The van der Waals surface area contributed by atoms with Gasteiger partial charge in [0.05, 0.1) is 7.11 Å². The van der Waals surface area contributed by atoms with Crippen LogP contribution in [0.4, 0.5) is 5.69 Å². The van der Waals surface area contributed by atoms with Crippen LogP contribution in [0.3, 0.4) is 0 Å². The number of hydrogen-bond acceptors (Lipinski definition) is 4. The van der Waals surface area contributed by atoms with Gasteiger partial charge in [0, 0.05) is 30.8 Å². The Morgan fingerprint density at radius 3 is 2.64 bits per heavy atom. The van der Waals surface area contributed by atoms with E-state index in [1.807, 2.05) is 24.3 Å². The Hall–Kier alpha value is -3.28. The maximum absolute atomic E-state index is 12.5. The molecule has 1 N–H and O–H groups in total. The minimum atomic E-state index is -0.202. The molecule has 2 amide bonds. The number of hydrogen-bond donors (Lipinski definition) is 1. The van der Waals surface area contributed by atoms with Gasteiger partial charge >= 0.3 is 0 Å². The van der Waals surface area contributed by atoms with Crippen LogP contribution in [0.5, 0.6) is 11.5 Å². The normalized spacial score (nSPS) is 13.3. The lowest BCUT2D eigenvalue weighted by atomic mass is 10.1. The Balaban J connectivity index is 1.60. The number of carbonyl (C=O) groups is 2. The van der Waals surface area contributed by atoms with Crippen molar-refractivity contribution in [2.45, 2.75) is 19.4 Å². The number of benzene rings is 2. The molecule has 0 bridgehead atoms. The SMILES string of the molecule is C=CCOc1ccc(C(=O)NCc2ccc(N3CCCC3=O)cc2)cc1OC. The molecule has 0 aliphatic carbocycles. The van der Waals surface area contributed by atoms with E-state index in [0.717, 1.165) is 24.2 Å². The van der Waals surface area contributed by atoms with Crippen LogP contribution in [-0.4, -0.2) is 32.1 Å². The molecule has 1 heterocycles. The summed E-state index contributed by atoms with van der Waals surface area (Å²) < 4.78 is 10.8. The maximum atomic E-state index is 12.5. The summed E-state index contributed by atoms with van der Waals surface area (Å²) in [6, 6.07) is 12.7. The van der Waals surface area contributed by atoms with Gasteiger partial charge in [-0.2, -0.15) is 0 Å². The highest BCUT2D eigenvalue weighted by Gasteiger charge is 2.21. The molecular weight excluding hydrogens is 356 g/mol. The molecule has 146 valence electrons. The first-order valence-electron chi connectivity index (χ1n) is 9.21. The van der Waals surface area contributed by atoms with E-state index in [4.69, 9.17) is 9.47 Å². The van der Waals surface area contributed by atoms with E-state index in [1.165, 1.54) is 7.11 Å². The fourth-order valence-electron chi connectivity index (χ4n) is 3.08. The number of amides is 2. The predicted molar refractivity (Wildman–Crippen MR) is 108 cm³/mol. The van der Waals surface area contributed by atoms with E-state index in [2.05, 4.69) is 11.9 Å². The Bertz CT molecular complexity index is 861. The lowest BCUT2D eigenvalue weighted by molar-refractivity contribution is -0.117. The molecule has 0 atom stereocenters. The smallest absolute Gasteiger partial charge is 0.251 e. The van der Waals surface area contributed by atoms with Crippen molar-refractivity contribution >= 4 is 17.5 Å². The standard InChI is InChI=1S/C22H24N2O4/c1-3-13-28-19-11-8-17(14-20(19)27-2)22(26)23-15-16-6-9-18(10-7-16)24-12-4-5-21(24)25/h3,6-11,14H,1,4-5,12-13,15H2,2H3,(H,23,26). The quantitative estimate of drug-likeness (QED) is 0.714. The van der Waals surface area contributed by atoms with E-state index in [-0.39, 0.29) is 11.8 Å². The fraction of sp³-hybridized carbons (Fsp3) is 0.273. The van der Waals surface area contributed by atoms with Gasteiger partial charge < -0.3 is 19.7 Å². The minimum absolute atomic E-state index is 0.163. The van der Waals surface area contributed by atoms with Crippen LogP contribution in [-0.2, 0) is 11.3 Å². The fourth-order valence-corrected chi connectivity index (χ4v) is 3.08. The lowest BCUT2D eigenvalue weighted by Gasteiger charge is -2.16. The van der Waals surface area contributed by atoms with E-state index in [0.29, 0.717) is 36.6 Å². The molecule has 6 nitrogen and oxygen atoms in total. The maximum Gasteiger partial charge on any atom is 0.251 e. The van der Waals surface area contributed by atoms with Crippen LogP contribution >= 0.6 is 0 Å². The summed E-state index contributed by atoms with van der Waals surface area (Å²) >= 11 is 0. The average Bonchev–Trinajstić information content (AvgIpc) is 3.16. The molecule has 3 rings (SSSR count). The van der Waals surface area contributed by atoms with Crippen LogP contribution < -0.4 is 19.7 Å². The Morgan fingerprint density at radius 1 is 1.21 bits per heavy atom. The van der Waals surface area contributed by atoms with Crippen molar-refractivity contribution in [3.05, 3.63) is 66.2 Å². The van der Waals surface area contributed by atoms with Crippen LogP contribution in [0, 0.1) is 0 Å². The third kappa shape index (κ3) is 4.52. The first kappa shape index (κ1) is 19.5. The zero-order chi connectivity index (χ0) is 19.9. The van der Waals surface area contributed by atoms with Gasteiger partial charge in [-0.3, -0.25) is 9.59 Å². The highest BCUT2D eigenvalue weighted by Crippen LogP contribution is 2.28. The largest absolute Gasteiger partial charge is 0.493 e. The number of methoxy groups -OCH3 is 1. The van der Waals surface area contributed by atoms with Crippen molar-refractivity contribution in [2.75, 3.05) is 25.2 Å². The molecule has 2 aromatic carbocycles. The molecule has 0 aromatic heterocycles. The van der Waals surface area contributed by atoms with Crippen molar-refractivity contribution in [2.24, 2.45) is 0 Å². The van der Waals surface area contributed by atoms with Gasteiger partial charge in [0.15, 0.2) is 11.5 Å². The number of anilines is 1. The van der Waals surface area contributed by atoms with Crippen LogP contribution in [0.1, 0.15) is 28.8 Å². The van der Waals surface area contributed by atoms with Crippen LogP contribution in [0.25, 0.3) is 0 Å². The van der Waals surface area contributed by atoms with Crippen molar-refractivity contribution in [3.63, 3.8) is 0 Å².